The van der Waals surface area contributed by atoms with E-state index in [-0.39, 0.29) is 6.10 Å². The summed E-state index contributed by atoms with van der Waals surface area (Å²) in [5.41, 5.74) is 1.43. The first-order chi connectivity index (χ1) is 13.6. The SMILES string of the molecule is C/C=C\CCCC(C)=O.CC.O[C@@H](CCC1=CCCC=C1)CCC1CCCC1. The van der Waals surface area contributed by atoms with Crippen molar-refractivity contribution in [3.05, 3.63) is 36.0 Å². The molecule has 0 heterocycles. The minimum absolute atomic E-state index is 0.0770. The standard InChI is InChI=1S/C16H26O.C8H14O.C2H6/c17-16(13-11-15-8-4-5-9-15)12-10-14-6-2-1-3-7-14;1-3-4-5-6-7-8(2)9;1-2/h2,6-7,15-17H,1,3-5,8-13H2;3-4H,5-7H2,1-2H3;1-2H3/b;4-3-;/t16-;;/m0../s1. The molecule has 0 radical (unpaired) electrons. The van der Waals surface area contributed by atoms with Crippen LogP contribution in [0.3, 0.4) is 0 Å². The lowest BCUT2D eigenvalue weighted by Crippen LogP contribution is -2.09. The first kappa shape index (κ1) is 26.9. The molecule has 162 valence electrons. The van der Waals surface area contributed by atoms with E-state index in [1.54, 1.807) is 6.92 Å². The average Bonchev–Trinajstić information content (AvgIpc) is 3.24. The summed E-state index contributed by atoms with van der Waals surface area (Å²) in [6.45, 7) is 7.63. The molecule has 2 aliphatic carbocycles. The molecule has 0 bridgehead atoms. The largest absolute Gasteiger partial charge is 0.393 e. The number of unbranched alkanes of at least 4 members (excludes halogenated alkanes) is 1. The van der Waals surface area contributed by atoms with Gasteiger partial charge in [0.1, 0.15) is 5.78 Å². The Morgan fingerprint density at radius 1 is 1.21 bits per heavy atom. The quantitative estimate of drug-likeness (QED) is 0.306. The molecule has 0 aliphatic heterocycles. The molecule has 2 rings (SSSR count). The average molecular weight is 391 g/mol. The number of ketones is 1. The highest BCUT2D eigenvalue weighted by Gasteiger charge is 2.16. The van der Waals surface area contributed by atoms with Gasteiger partial charge in [0, 0.05) is 6.42 Å². The Hall–Kier alpha value is -1.15. The van der Waals surface area contributed by atoms with Crippen molar-refractivity contribution in [3.8, 4) is 0 Å². The Kier molecular flexibility index (Phi) is 18.4. The molecule has 1 atom stereocenters. The maximum Gasteiger partial charge on any atom is 0.129 e. The third-order valence-corrected chi connectivity index (χ3v) is 5.36. The van der Waals surface area contributed by atoms with E-state index in [0.717, 1.165) is 44.4 Å². The van der Waals surface area contributed by atoms with Crippen LogP contribution in [0.25, 0.3) is 0 Å². The predicted molar refractivity (Wildman–Crippen MR) is 124 cm³/mol. The minimum Gasteiger partial charge on any atom is -0.393 e. The second-order valence-corrected chi connectivity index (χ2v) is 7.84. The molecule has 1 N–H and O–H groups in total. The number of hydrogen-bond acceptors (Lipinski definition) is 2. The van der Waals surface area contributed by atoms with E-state index in [2.05, 4.69) is 24.3 Å². The Balaban J connectivity index is 0.000000566. The maximum atomic E-state index is 10.4. The van der Waals surface area contributed by atoms with E-state index >= 15 is 0 Å². The Labute approximate surface area is 175 Å². The van der Waals surface area contributed by atoms with E-state index in [4.69, 9.17) is 0 Å². The number of hydrogen-bond donors (Lipinski definition) is 1. The van der Waals surface area contributed by atoms with Crippen molar-refractivity contribution >= 4 is 5.78 Å². The van der Waals surface area contributed by atoms with Crippen LogP contribution in [0.2, 0.25) is 0 Å². The van der Waals surface area contributed by atoms with E-state index in [0.29, 0.717) is 5.78 Å². The van der Waals surface area contributed by atoms with Crippen LogP contribution in [-0.2, 0) is 4.79 Å². The van der Waals surface area contributed by atoms with Crippen LogP contribution in [0.15, 0.2) is 36.0 Å². The molecule has 1 saturated carbocycles. The minimum atomic E-state index is -0.0770. The molecule has 0 amide bonds. The molecule has 0 aromatic heterocycles. The summed E-state index contributed by atoms with van der Waals surface area (Å²) in [6, 6.07) is 0. The van der Waals surface area contributed by atoms with Crippen molar-refractivity contribution < 1.29 is 9.90 Å². The van der Waals surface area contributed by atoms with Gasteiger partial charge in [0.25, 0.3) is 0 Å². The van der Waals surface area contributed by atoms with Gasteiger partial charge in [-0.15, -0.1) is 0 Å². The molecule has 0 saturated heterocycles. The van der Waals surface area contributed by atoms with Gasteiger partial charge in [0.15, 0.2) is 0 Å². The summed E-state index contributed by atoms with van der Waals surface area (Å²) in [4.78, 5) is 10.4. The molecule has 2 nitrogen and oxygen atoms in total. The van der Waals surface area contributed by atoms with Crippen molar-refractivity contribution in [2.75, 3.05) is 0 Å². The third kappa shape index (κ3) is 15.9. The zero-order valence-electron chi connectivity index (χ0n) is 19.1. The fourth-order valence-corrected chi connectivity index (χ4v) is 3.69. The van der Waals surface area contributed by atoms with Gasteiger partial charge >= 0.3 is 0 Å². The molecule has 28 heavy (non-hydrogen) atoms. The highest BCUT2D eigenvalue weighted by molar-refractivity contribution is 5.75. The van der Waals surface area contributed by atoms with Gasteiger partial charge in [-0.1, -0.05) is 75.5 Å². The van der Waals surface area contributed by atoms with Crippen molar-refractivity contribution in [3.63, 3.8) is 0 Å². The lowest BCUT2D eigenvalue weighted by molar-refractivity contribution is -0.117. The van der Waals surface area contributed by atoms with E-state index < -0.39 is 0 Å². The number of carbonyl (C=O) groups excluding carboxylic acids is 1. The number of carbonyl (C=O) groups is 1. The van der Waals surface area contributed by atoms with Crippen LogP contribution in [0.1, 0.15) is 111 Å². The van der Waals surface area contributed by atoms with Gasteiger partial charge in [0.05, 0.1) is 6.10 Å². The summed E-state index contributed by atoms with van der Waals surface area (Å²) in [7, 11) is 0. The first-order valence-corrected chi connectivity index (χ1v) is 11.8. The smallest absolute Gasteiger partial charge is 0.129 e. The van der Waals surface area contributed by atoms with Gasteiger partial charge in [-0.3, -0.25) is 0 Å². The highest BCUT2D eigenvalue weighted by atomic mass is 16.3. The zero-order valence-corrected chi connectivity index (χ0v) is 19.1. The Morgan fingerprint density at radius 3 is 2.50 bits per heavy atom. The molecule has 0 aromatic rings. The number of Topliss-reactive ketones (excluding diaryl/α,β-unsaturated/α-hetero) is 1. The Bertz CT molecular complexity index is 453. The number of aliphatic hydroxyl groups is 1. The molecular weight excluding hydrogens is 344 g/mol. The van der Waals surface area contributed by atoms with Crippen molar-refractivity contribution in [1.29, 1.82) is 0 Å². The summed E-state index contributed by atoms with van der Waals surface area (Å²) in [6.07, 6.45) is 25.9. The van der Waals surface area contributed by atoms with Gasteiger partial charge in [0.2, 0.25) is 0 Å². The summed E-state index contributed by atoms with van der Waals surface area (Å²) < 4.78 is 0. The second kappa shape index (κ2) is 19.2. The lowest BCUT2D eigenvalue weighted by atomic mass is 9.95. The Morgan fingerprint density at radius 2 is 1.93 bits per heavy atom. The van der Waals surface area contributed by atoms with E-state index in [1.165, 1.54) is 50.5 Å². The van der Waals surface area contributed by atoms with Gasteiger partial charge < -0.3 is 9.90 Å². The van der Waals surface area contributed by atoms with Gasteiger partial charge in [-0.2, -0.15) is 0 Å². The van der Waals surface area contributed by atoms with Crippen LogP contribution in [0, 0.1) is 5.92 Å². The van der Waals surface area contributed by atoms with Crippen molar-refractivity contribution in [2.45, 2.75) is 117 Å². The van der Waals surface area contributed by atoms with Crippen LogP contribution < -0.4 is 0 Å². The van der Waals surface area contributed by atoms with Crippen molar-refractivity contribution in [2.24, 2.45) is 5.92 Å². The molecule has 2 heteroatoms. The van der Waals surface area contributed by atoms with Gasteiger partial charge in [-0.25, -0.2) is 0 Å². The van der Waals surface area contributed by atoms with Crippen LogP contribution in [-0.4, -0.2) is 17.0 Å². The summed E-state index contributed by atoms with van der Waals surface area (Å²) in [5, 5.41) is 9.99. The van der Waals surface area contributed by atoms with E-state index in [1.807, 2.05) is 26.8 Å². The predicted octanol–water partition coefficient (Wildman–Crippen LogP) is 7.72. The summed E-state index contributed by atoms with van der Waals surface area (Å²) >= 11 is 0. The topological polar surface area (TPSA) is 37.3 Å². The van der Waals surface area contributed by atoms with E-state index in [9.17, 15) is 9.90 Å². The fraction of sp³-hybridized carbons (Fsp3) is 0.731. The number of aliphatic hydroxyl groups excluding tert-OH is 1. The maximum absolute atomic E-state index is 10.4. The first-order valence-electron chi connectivity index (χ1n) is 11.8. The lowest BCUT2D eigenvalue weighted by Gasteiger charge is -2.14. The molecule has 2 aliphatic rings. The third-order valence-electron chi connectivity index (χ3n) is 5.36. The zero-order chi connectivity index (χ0) is 21.0. The van der Waals surface area contributed by atoms with Crippen LogP contribution >= 0.6 is 0 Å². The normalized spacial score (nSPS) is 17.4. The van der Waals surface area contributed by atoms with Crippen LogP contribution in [0.5, 0.6) is 0 Å². The summed E-state index contributed by atoms with van der Waals surface area (Å²) in [5.74, 6) is 1.21. The molecular formula is C26H46O2. The fourth-order valence-electron chi connectivity index (χ4n) is 3.69. The van der Waals surface area contributed by atoms with Gasteiger partial charge in [-0.05, 0) is 71.1 Å². The molecule has 1 fully saturated rings. The highest BCUT2D eigenvalue weighted by Crippen LogP contribution is 2.29. The second-order valence-electron chi connectivity index (χ2n) is 7.84. The number of allylic oxidation sites excluding steroid dienone is 6. The number of rotatable bonds is 10. The monoisotopic (exact) mass is 390 g/mol. The molecule has 0 spiro atoms. The molecule has 0 aromatic carbocycles. The van der Waals surface area contributed by atoms with Crippen molar-refractivity contribution in [1.82, 2.24) is 0 Å². The molecule has 0 unspecified atom stereocenters. The van der Waals surface area contributed by atoms with Crippen LogP contribution in [0.4, 0.5) is 0 Å².